The summed E-state index contributed by atoms with van der Waals surface area (Å²) in [5.74, 6) is 0.545. The van der Waals surface area contributed by atoms with Gasteiger partial charge < -0.3 is 9.74 Å². The third-order valence-electron chi connectivity index (χ3n) is 3.24. The zero-order chi connectivity index (χ0) is 15.4. The summed E-state index contributed by atoms with van der Waals surface area (Å²) < 4.78 is 6.09. The average Bonchev–Trinajstić information content (AvgIpc) is 2.34. The maximum Gasteiger partial charge on any atom is 0.183 e. The number of hydrogen-bond acceptors (Lipinski definition) is 2. The van der Waals surface area contributed by atoms with Crippen LogP contribution < -0.4 is 5.32 Å². The van der Waals surface area contributed by atoms with E-state index in [1.807, 2.05) is 0 Å². The van der Waals surface area contributed by atoms with Gasteiger partial charge in [-0.1, -0.05) is 44.2 Å². The molecule has 1 atom stereocenters. The lowest BCUT2D eigenvalue weighted by molar-refractivity contribution is 0.176. The molecule has 0 heterocycles. The van der Waals surface area contributed by atoms with Gasteiger partial charge in [0.25, 0.3) is 0 Å². The number of nitrogens with one attached hydrogen (secondary N) is 1. The average molecular weight is 294 g/mol. The Morgan fingerprint density at radius 3 is 2.10 bits per heavy atom. The quantitative estimate of drug-likeness (QED) is 0.742. The highest BCUT2D eigenvalue weighted by molar-refractivity contribution is 6.69. The maximum absolute atomic E-state index is 6.09. The second-order valence-corrected chi connectivity index (χ2v) is 12.1. The van der Waals surface area contributed by atoms with E-state index in [4.69, 9.17) is 4.43 Å². The third kappa shape index (κ3) is 6.20. The van der Waals surface area contributed by atoms with Gasteiger partial charge in [-0.05, 0) is 45.0 Å². The van der Waals surface area contributed by atoms with Crippen LogP contribution in [-0.4, -0.2) is 20.5 Å². The summed E-state index contributed by atoms with van der Waals surface area (Å²) in [4.78, 5) is 0. The van der Waals surface area contributed by atoms with E-state index in [0.29, 0.717) is 12.0 Å². The molecule has 0 radical (unpaired) electrons. The lowest BCUT2D eigenvalue weighted by Crippen LogP contribution is -2.49. The molecule has 0 bridgehead atoms. The number of hydrogen-bond donors (Lipinski definition) is 1. The van der Waals surface area contributed by atoms with Gasteiger partial charge in [-0.2, -0.15) is 0 Å². The molecule has 0 amide bonds. The molecule has 0 saturated carbocycles. The Morgan fingerprint density at radius 2 is 1.65 bits per heavy atom. The fourth-order valence-corrected chi connectivity index (χ4v) is 2.95. The predicted octanol–water partition coefficient (Wildman–Crippen LogP) is 4.60. The molecule has 1 unspecified atom stereocenters. The van der Waals surface area contributed by atoms with E-state index < -0.39 is 8.32 Å². The van der Waals surface area contributed by atoms with Crippen molar-refractivity contribution in [3.63, 3.8) is 0 Å². The monoisotopic (exact) mass is 293 g/mol. The largest absolute Gasteiger partial charge is 0.416 e. The van der Waals surface area contributed by atoms with Gasteiger partial charge in [-0.25, -0.2) is 0 Å². The van der Waals surface area contributed by atoms with Gasteiger partial charge in [0.1, 0.15) is 0 Å². The Hall–Kier alpha value is -0.643. The van der Waals surface area contributed by atoms with Crippen LogP contribution in [0.5, 0.6) is 0 Å². The smallest absolute Gasteiger partial charge is 0.183 e. The summed E-state index contributed by atoms with van der Waals surface area (Å²) in [7, 11) is -1.46. The summed E-state index contributed by atoms with van der Waals surface area (Å²) in [6, 6.07) is 11.0. The molecule has 2 nitrogen and oxygen atoms in total. The fraction of sp³-hybridized carbons (Fsp3) is 0.647. The summed E-state index contributed by atoms with van der Waals surface area (Å²) in [6.07, 6.45) is 0. The molecule has 1 aromatic carbocycles. The van der Waals surface area contributed by atoms with E-state index in [1.54, 1.807) is 0 Å². The van der Waals surface area contributed by atoms with Crippen LogP contribution in [0.3, 0.4) is 0 Å². The maximum atomic E-state index is 6.09. The molecule has 3 heteroatoms. The summed E-state index contributed by atoms with van der Waals surface area (Å²) in [5, 5.41) is 3.78. The second-order valence-electron chi connectivity index (χ2n) is 7.56. The van der Waals surface area contributed by atoms with E-state index in [9.17, 15) is 0 Å². The molecule has 0 saturated heterocycles. The Morgan fingerprint density at radius 1 is 1.10 bits per heavy atom. The third-order valence-corrected chi connectivity index (χ3v) is 4.25. The molecule has 0 spiro atoms. The van der Waals surface area contributed by atoms with Crippen LogP contribution in [0.15, 0.2) is 30.3 Å². The van der Waals surface area contributed by atoms with E-state index in [2.05, 4.69) is 83.0 Å². The summed E-state index contributed by atoms with van der Waals surface area (Å²) in [6.45, 7) is 16.5. The minimum absolute atomic E-state index is 0.0228. The van der Waals surface area contributed by atoms with Crippen LogP contribution in [-0.2, 0) is 4.43 Å². The van der Waals surface area contributed by atoms with E-state index >= 15 is 0 Å². The standard InChI is InChI=1S/C17H31NOSi/c1-14(2)16(15-11-9-8-10-12-15)18-17(3,4)13-19-20(5,6)7/h8-12,14,16,18H,13H2,1-7H3. The molecule has 0 aliphatic rings. The van der Waals surface area contributed by atoms with E-state index in [-0.39, 0.29) is 5.54 Å². The van der Waals surface area contributed by atoms with Crippen LogP contribution in [0.1, 0.15) is 39.3 Å². The van der Waals surface area contributed by atoms with Crippen LogP contribution in [0, 0.1) is 5.92 Å². The van der Waals surface area contributed by atoms with Crippen molar-refractivity contribution in [1.82, 2.24) is 5.32 Å². The summed E-state index contributed by atoms with van der Waals surface area (Å²) >= 11 is 0. The molecule has 0 fully saturated rings. The molecule has 1 rings (SSSR count). The first-order valence-corrected chi connectivity index (χ1v) is 11.0. The van der Waals surface area contributed by atoms with Gasteiger partial charge >= 0.3 is 0 Å². The van der Waals surface area contributed by atoms with E-state index in [0.717, 1.165) is 6.61 Å². The summed E-state index contributed by atoms with van der Waals surface area (Å²) in [5.41, 5.74) is 1.33. The fourth-order valence-electron chi connectivity index (χ4n) is 2.15. The van der Waals surface area contributed by atoms with Gasteiger partial charge in [-0.3, -0.25) is 0 Å². The minimum atomic E-state index is -1.46. The molecule has 0 aliphatic heterocycles. The Labute approximate surface area is 126 Å². The lowest BCUT2D eigenvalue weighted by Gasteiger charge is -2.36. The first-order valence-electron chi connectivity index (χ1n) is 7.57. The van der Waals surface area contributed by atoms with Crippen LogP contribution in [0.25, 0.3) is 0 Å². The Kier molecular flexibility index (Phi) is 5.99. The molecule has 20 heavy (non-hydrogen) atoms. The highest BCUT2D eigenvalue weighted by Gasteiger charge is 2.27. The SMILES string of the molecule is CC(C)C(NC(C)(C)CO[Si](C)(C)C)c1ccccc1. The van der Waals surface area contributed by atoms with Crippen molar-refractivity contribution in [3.05, 3.63) is 35.9 Å². The van der Waals surface area contributed by atoms with Gasteiger partial charge in [0.05, 0.1) is 6.61 Å². The van der Waals surface area contributed by atoms with Crippen molar-refractivity contribution in [1.29, 1.82) is 0 Å². The lowest BCUT2D eigenvalue weighted by atomic mass is 9.93. The highest BCUT2D eigenvalue weighted by Crippen LogP contribution is 2.25. The normalized spacial score (nSPS) is 14.6. The van der Waals surface area contributed by atoms with Crippen molar-refractivity contribution >= 4 is 8.32 Å². The van der Waals surface area contributed by atoms with Gasteiger partial charge in [0.15, 0.2) is 8.32 Å². The zero-order valence-electron chi connectivity index (χ0n) is 14.2. The molecule has 1 aromatic rings. The topological polar surface area (TPSA) is 21.3 Å². The van der Waals surface area contributed by atoms with Crippen LogP contribution >= 0.6 is 0 Å². The van der Waals surface area contributed by atoms with Gasteiger partial charge in [0, 0.05) is 11.6 Å². The first kappa shape index (κ1) is 17.4. The second kappa shape index (κ2) is 6.88. The van der Waals surface area contributed by atoms with Crippen molar-refractivity contribution in [3.8, 4) is 0 Å². The first-order chi connectivity index (χ1) is 9.11. The molecule has 114 valence electrons. The molecular formula is C17H31NOSi. The Balaban J connectivity index is 2.75. The zero-order valence-corrected chi connectivity index (χ0v) is 15.2. The highest BCUT2D eigenvalue weighted by atomic mass is 28.4. The minimum Gasteiger partial charge on any atom is -0.416 e. The van der Waals surface area contributed by atoms with Crippen molar-refractivity contribution in [2.45, 2.75) is 58.9 Å². The van der Waals surface area contributed by atoms with Crippen molar-refractivity contribution in [2.24, 2.45) is 5.92 Å². The molecular weight excluding hydrogens is 262 g/mol. The van der Waals surface area contributed by atoms with Crippen LogP contribution in [0.2, 0.25) is 19.6 Å². The molecule has 1 N–H and O–H groups in total. The molecule has 0 aromatic heterocycles. The predicted molar refractivity (Wildman–Crippen MR) is 90.5 cm³/mol. The van der Waals surface area contributed by atoms with Crippen molar-refractivity contribution < 1.29 is 4.43 Å². The van der Waals surface area contributed by atoms with Gasteiger partial charge in [-0.15, -0.1) is 0 Å². The van der Waals surface area contributed by atoms with Gasteiger partial charge in [0.2, 0.25) is 0 Å². The van der Waals surface area contributed by atoms with E-state index in [1.165, 1.54) is 5.56 Å². The molecule has 0 aliphatic carbocycles. The van der Waals surface area contributed by atoms with Crippen molar-refractivity contribution in [2.75, 3.05) is 6.61 Å². The number of rotatable bonds is 7. The number of benzene rings is 1. The van der Waals surface area contributed by atoms with Crippen LogP contribution in [0.4, 0.5) is 0 Å². The Bertz CT molecular complexity index is 395.